The maximum absolute atomic E-state index is 13.6. The molecule has 0 saturated carbocycles. The van der Waals surface area contributed by atoms with Gasteiger partial charge in [-0.3, -0.25) is 14.5 Å². The molecule has 1 amide bonds. The van der Waals surface area contributed by atoms with Crippen LogP contribution in [0.5, 0.6) is 0 Å². The van der Waals surface area contributed by atoms with Crippen molar-refractivity contribution >= 4 is 68.8 Å². The Morgan fingerprint density at radius 2 is 2.02 bits per heavy atom. The number of carbonyl (C=O) groups excluding carboxylic acids is 2. The molecule has 3 aromatic rings. The SMILES string of the molecule is Cc1ccc(F)cc1NC(=O)CSc1nnc(N2C(N)=C(C#N)C(c3c(Cl)cccc3Cl)C3=C2CCCC3=O)s1. The van der Waals surface area contributed by atoms with Crippen LogP contribution in [0.15, 0.2) is 63.4 Å². The highest BCUT2D eigenvalue weighted by Crippen LogP contribution is 2.49. The van der Waals surface area contributed by atoms with Gasteiger partial charge in [0.15, 0.2) is 10.1 Å². The lowest BCUT2D eigenvalue weighted by Crippen LogP contribution is -2.38. The fourth-order valence-electron chi connectivity index (χ4n) is 4.77. The van der Waals surface area contributed by atoms with Crippen LogP contribution in [-0.2, 0) is 9.59 Å². The summed E-state index contributed by atoms with van der Waals surface area (Å²) >= 11 is 15.4. The normalized spacial score (nSPS) is 17.1. The molecule has 1 unspecified atom stereocenters. The number of anilines is 2. The number of thioether (sulfide) groups is 1. The summed E-state index contributed by atoms with van der Waals surface area (Å²) in [5.74, 6) is -1.57. The smallest absolute Gasteiger partial charge is 0.234 e. The average Bonchev–Trinajstić information content (AvgIpc) is 3.38. The van der Waals surface area contributed by atoms with Crippen LogP contribution in [0.1, 0.15) is 36.3 Å². The monoisotopic (exact) mass is 614 g/mol. The fourth-order valence-corrected chi connectivity index (χ4v) is 7.07. The minimum atomic E-state index is -0.804. The molecule has 2 aliphatic rings. The molecule has 8 nitrogen and oxygen atoms in total. The van der Waals surface area contributed by atoms with Gasteiger partial charge >= 0.3 is 0 Å². The molecular weight excluding hydrogens is 594 g/mol. The highest BCUT2D eigenvalue weighted by atomic mass is 35.5. The fraction of sp³-hybridized carbons (Fsp3) is 0.222. The highest BCUT2D eigenvalue weighted by molar-refractivity contribution is 8.01. The molecular formula is C27H21Cl2FN6O2S2. The highest BCUT2D eigenvalue weighted by Gasteiger charge is 2.42. The van der Waals surface area contributed by atoms with Gasteiger partial charge in [0.2, 0.25) is 11.0 Å². The topological polar surface area (TPSA) is 125 Å². The Balaban J connectivity index is 1.44. The van der Waals surface area contributed by atoms with Crippen molar-refractivity contribution in [2.75, 3.05) is 16.0 Å². The summed E-state index contributed by atoms with van der Waals surface area (Å²) in [7, 11) is 0. The molecule has 0 spiro atoms. The van der Waals surface area contributed by atoms with Gasteiger partial charge in [-0.2, -0.15) is 5.26 Å². The van der Waals surface area contributed by atoms with E-state index in [0.29, 0.717) is 61.3 Å². The Bertz CT molecular complexity index is 1630. The summed E-state index contributed by atoms with van der Waals surface area (Å²) in [6.07, 6.45) is 1.45. The van der Waals surface area contributed by atoms with Gasteiger partial charge < -0.3 is 11.1 Å². The van der Waals surface area contributed by atoms with E-state index >= 15 is 0 Å². The number of halogens is 3. The number of nitriles is 1. The number of benzene rings is 2. The number of aromatic nitrogens is 2. The number of ketones is 1. The lowest BCUT2D eigenvalue weighted by Gasteiger charge is -2.38. The van der Waals surface area contributed by atoms with Gasteiger partial charge in [-0.15, -0.1) is 10.2 Å². The van der Waals surface area contributed by atoms with Crippen molar-refractivity contribution in [2.45, 2.75) is 36.4 Å². The number of nitrogens with zero attached hydrogens (tertiary/aromatic N) is 4. The summed E-state index contributed by atoms with van der Waals surface area (Å²) in [6, 6.07) is 11.4. The van der Waals surface area contributed by atoms with E-state index in [4.69, 9.17) is 28.9 Å². The third-order valence-electron chi connectivity index (χ3n) is 6.59. The van der Waals surface area contributed by atoms with E-state index in [2.05, 4.69) is 21.6 Å². The van der Waals surface area contributed by atoms with Gasteiger partial charge in [0.25, 0.3) is 0 Å². The van der Waals surface area contributed by atoms with E-state index in [-0.39, 0.29) is 28.8 Å². The predicted molar refractivity (Wildman–Crippen MR) is 155 cm³/mol. The molecule has 1 atom stereocenters. The first kappa shape index (κ1) is 28.1. The molecule has 40 heavy (non-hydrogen) atoms. The summed E-state index contributed by atoms with van der Waals surface area (Å²) in [6.45, 7) is 1.77. The van der Waals surface area contributed by atoms with Gasteiger partial charge in [0, 0.05) is 39.0 Å². The van der Waals surface area contributed by atoms with Crippen molar-refractivity contribution in [3.8, 4) is 6.07 Å². The molecule has 3 N–H and O–H groups in total. The predicted octanol–water partition coefficient (Wildman–Crippen LogP) is 6.33. The number of nitrogens with two attached hydrogens (primary N) is 1. The number of hydrogen-bond acceptors (Lipinski definition) is 9. The van der Waals surface area contributed by atoms with Gasteiger partial charge in [0.1, 0.15) is 11.6 Å². The molecule has 0 bridgehead atoms. The zero-order valence-electron chi connectivity index (χ0n) is 21.0. The maximum Gasteiger partial charge on any atom is 0.234 e. The first-order valence-corrected chi connectivity index (χ1v) is 14.7. The van der Waals surface area contributed by atoms with Crippen molar-refractivity contribution in [1.82, 2.24) is 10.2 Å². The first-order chi connectivity index (χ1) is 19.2. The van der Waals surface area contributed by atoms with E-state index in [0.717, 1.165) is 17.3 Å². The van der Waals surface area contributed by atoms with Crippen LogP contribution in [0.3, 0.4) is 0 Å². The lowest BCUT2D eigenvalue weighted by molar-refractivity contribution is -0.116. The third-order valence-corrected chi connectivity index (χ3v) is 9.29. The van der Waals surface area contributed by atoms with Crippen molar-refractivity contribution in [1.29, 1.82) is 5.26 Å². The quantitative estimate of drug-likeness (QED) is 0.309. The number of carbonyl (C=O) groups is 2. The van der Waals surface area contributed by atoms with Crippen molar-refractivity contribution in [2.24, 2.45) is 5.73 Å². The van der Waals surface area contributed by atoms with Gasteiger partial charge in [-0.05, 0) is 49.6 Å². The molecule has 0 saturated heterocycles. The molecule has 1 aliphatic heterocycles. The molecule has 1 aliphatic carbocycles. The average molecular weight is 616 g/mol. The first-order valence-electron chi connectivity index (χ1n) is 12.1. The van der Waals surface area contributed by atoms with Crippen molar-refractivity contribution < 1.29 is 14.0 Å². The molecule has 1 aromatic heterocycles. The maximum atomic E-state index is 13.6. The Kier molecular flexibility index (Phi) is 8.14. The number of Topliss-reactive ketones (excluding diaryl/α,β-unsaturated/α-hetero) is 1. The number of rotatable bonds is 6. The van der Waals surface area contributed by atoms with Crippen LogP contribution < -0.4 is 16.0 Å². The second kappa shape index (κ2) is 11.6. The Labute approximate surface area is 247 Å². The van der Waals surface area contributed by atoms with Crippen LogP contribution >= 0.6 is 46.3 Å². The van der Waals surface area contributed by atoms with Gasteiger partial charge in [-0.1, -0.05) is 58.4 Å². The van der Waals surface area contributed by atoms with Gasteiger partial charge in [-0.25, -0.2) is 4.39 Å². The van der Waals surface area contributed by atoms with Crippen molar-refractivity contribution in [3.63, 3.8) is 0 Å². The van der Waals surface area contributed by atoms with E-state index in [9.17, 15) is 19.2 Å². The molecule has 13 heteroatoms. The zero-order valence-corrected chi connectivity index (χ0v) is 24.1. The van der Waals surface area contributed by atoms with Crippen LogP contribution in [0, 0.1) is 24.1 Å². The Hall–Kier alpha value is -3.43. The number of amides is 1. The van der Waals surface area contributed by atoms with E-state index in [1.807, 2.05) is 0 Å². The van der Waals surface area contributed by atoms with E-state index in [1.54, 1.807) is 36.1 Å². The van der Waals surface area contributed by atoms with Crippen LogP contribution in [0.2, 0.25) is 10.0 Å². The van der Waals surface area contributed by atoms with Crippen molar-refractivity contribution in [3.05, 3.63) is 86.1 Å². The van der Waals surface area contributed by atoms with Gasteiger partial charge in [0.05, 0.1) is 23.3 Å². The largest absolute Gasteiger partial charge is 0.384 e. The molecule has 5 rings (SSSR count). The Morgan fingerprint density at radius 1 is 1.27 bits per heavy atom. The minimum Gasteiger partial charge on any atom is -0.384 e. The minimum absolute atomic E-state index is 0.0128. The summed E-state index contributed by atoms with van der Waals surface area (Å²) in [4.78, 5) is 27.4. The van der Waals surface area contributed by atoms with Crippen LogP contribution in [0.4, 0.5) is 15.2 Å². The number of allylic oxidation sites excluding steroid dienone is 3. The zero-order chi connectivity index (χ0) is 28.6. The van der Waals surface area contributed by atoms with Crippen LogP contribution in [-0.4, -0.2) is 27.6 Å². The molecule has 2 heterocycles. The summed E-state index contributed by atoms with van der Waals surface area (Å²) in [5.41, 5.74) is 9.35. The number of hydrogen-bond donors (Lipinski definition) is 2. The summed E-state index contributed by atoms with van der Waals surface area (Å²) < 4.78 is 14.0. The van der Waals surface area contributed by atoms with E-state index < -0.39 is 11.7 Å². The summed E-state index contributed by atoms with van der Waals surface area (Å²) in [5, 5.41) is 22.4. The lowest BCUT2D eigenvalue weighted by atomic mass is 9.75. The number of aryl methyl sites for hydroxylation is 1. The van der Waals surface area contributed by atoms with E-state index in [1.165, 1.54) is 23.5 Å². The number of nitrogens with one attached hydrogen (secondary N) is 1. The molecule has 0 fully saturated rings. The molecule has 0 radical (unpaired) electrons. The second-order valence-electron chi connectivity index (χ2n) is 9.10. The molecule has 204 valence electrons. The standard InChI is InChI=1S/C27H21Cl2FN6O2S2/c1-13-8-9-14(30)10-18(13)33-21(38)12-39-27-35-34-26(40-27)36-19-6-3-7-20(37)24(19)22(15(11-31)25(36)32)23-16(28)4-2-5-17(23)29/h2,4-5,8-10,22H,3,6-7,12,32H2,1H3,(H,33,38). The molecule has 2 aromatic carbocycles. The Morgan fingerprint density at radius 3 is 2.75 bits per heavy atom. The third kappa shape index (κ3) is 5.32. The van der Waals surface area contributed by atoms with Crippen LogP contribution in [0.25, 0.3) is 0 Å². The second-order valence-corrected chi connectivity index (χ2v) is 12.1.